The van der Waals surface area contributed by atoms with Crippen molar-refractivity contribution in [2.24, 2.45) is 0 Å². The topological polar surface area (TPSA) is 75.7 Å². The smallest absolute Gasteiger partial charge is 0.264 e. The molecule has 0 spiro atoms. The number of benzene rings is 3. The quantitative estimate of drug-likeness (QED) is 0.619. The van der Waals surface area contributed by atoms with Crippen molar-refractivity contribution < 1.29 is 17.9 Å². The largest absolute Gasteiger partial charge is 0.497 e. The maximum Gasteiger partial charge on any atom is 0.264 e. The maximum atomic E-state index is 13.2. The van der Waals surface area contributed by atoms with Gasteiger partial charge in [0.15, 0.2) is 0 Å². The van der Waals surface area contributed by atoms with Crippen molar-refractivity contribution in [2.75, 3.05) is 18.0 Å². The molecule has 0 atom stereocenters. The molecular formula is C22H22N2O4S. The Hall–Kier alpha value is -3.32. The molecule has 0 aliphatic heterocycles. The predicted octanol–water partition coefficient (Wildman–Crippen LogP) is 3.21. The van der Waals surface area contributed by atoms with Gasteiger partial charge in [0.1, 0.15) is 12.3 Å². The van der Waals surface area contributed by atoms with Crippen LogP contribution in [0.3, 0.4) is 0 Å². The lowest BCUT2D eigenvalue weighted by atomic mass is 10.2. The molecule has 0 unspecified atom stereocenters. The van der Waals surface area contributed by atoms with E-state index in [1.54, 1.807) is 42.5 Å². The van der Waals surface area contributed by atoms with E-state index >= 15 is 0 Å². The summed E-state index contributed by atoms with van der Waals surface area (Å²) in [7, 11) is -2.39. The lowest BCUT2D eigenvalue weighted by Crippen LogP contribution is -2.40. The molecule has 1 amide bonds. The molecule has 0 saturated carbocycles. The highest BCUT2D eigenvalue weighted by atomic mass is 32.2. The van der Waals surface area contributed by atoms with Crippen LogP contribution in [0.2, 0.25) is 0 Å². The van der Waals surface area contributed by atoms with Crippen LogP contribution in [-0.2, 0) is 21.4 Å². The molecule has 150 valence electrons. The third-order valence-corrected chi connectivity index (χ3v) is 6.10. The molecule has 0 fully saturated rings. The molecule has 0 saturated heterocycles. The molecule has 6 nitrogen and oxygen atoms in total. The molecular weight excluding hydrogens is 388 g/mol. The zero-order valence-electron chi connectivity index (χ0n) is 16.0. The van der Waals surface area contributed by atoms with Crippen LogP contribution in [0.4, 0.5) is 5.69 Å². The van der Waals surface area contributed by atoms with Crippen molar-refractivity contribution in [2.45, 2.75) is 11.4 Å². The number of hydrogen-bond acceptors (Lipinski definition) is 4. The number of methoxy groups -OCH3 is 1. The number of carbonyl (C=O) groups excluding carboxylic acids is 1. The summed E-state index contributed by atoms with van der Waals surface area (Å²) in [6, 6.07) is 24.0. The lowest BCUT2D eigenvalue weighted by Gasteiger charge is -2.24. The molecule has 0 aliphatic carbocycles. The van der Waals surface area contributed by atoms with E-state index in [0.717, 1.165) is 9.87 Å². The van der Waals surface area contributed by atoms with Crippen LogP contribution in [-0.4, -0.2) is 28.0 Å². The van der Waals surface area contributed by atoms with Gasteiger partial charge >= 0.3 is 0 Å². The monoisotopic (exact) mass is 410 g/mol. The first-order valence-electron chi connectivity index (χ1n) is 9.03. The summed E-state index contributed by atoms with van der Waals surface area (Å²) in [6.45, 7) is -0.0160. The van der Waals surface area contributed by atoms with E-state index < -0.39 is 15.9 Å². The molecule has 0 aromatic heterocycles. The molecule has 3 aromatic rings. The summed E-state index contributed by atoms with van der Waals surface area (Å²) in [5.41, 5.74) is 1.31. The van der Waals surface area contributed by atoms with E-state index in [4.69, 9.17) is 4.74 Å². The minimum atomic E-state index is -3.92. The minimum absolute atomic E-state index is 0.117. The zero-order valence-corrected chi connectivity index (χ0v) is 16.8. The predicted molar refractivity (Wildman–Crippen MR) is 112 cm³/mol. The molecule has 29 heavy (non-hydrogen) atoms. The maximum absolute atomic E-state index is 13.2. The van der Waals surface area contributed by atoms with Crippen LogP contribution in [0.1, 0.15) is 5.56 Å². The van der Waals surface area contributed by atoms with Gasteiger partial charge in [-0.2, -0.15) is 0 Å². The summed E-state index contributed by atoms with van der Waals surface area (Å²) in [6.07, 6.45) is 0. The zero-order chi connectivity index (χ0) is 20.7. The minimum Gasteiger partial charge on any atom is -0.497 e. The second kappa shape index (κ2) is 9.25. The summed E-state index contributed by atoms with van der Waals surface area (Å²) >= 11 is 0. The molecule has 0 aliphatic rings. The highest BCUT2D eigenvalue weighted by molar-refractivity contribution is 7.92. The Morgan fingerprint density at radius 3 is 2.07 bits per heavy atom. The van der Waals surface area contributed by atoms with Crippen molar-refractivity contribution in [3.63, 3.8) is 0 Å². The van der Waals surface area contributed by atoms with Crippen LogP contribution in [0.15, 0.2) is 89.8 Å². The fourth-order valence-electron chi connectivity index (χ4n) is 2.77. The van der Waals surface area contributed by atoms with Gasteiger partial charge in [-0.3, -0.25) is 9.10 Å². The number of hydrogen-bond donors (Lipinski definition) is 1. The second-order valence-corrected chi connectivity index (χ2v) is 8.15. The summed E-state index contributed by atoms with van der Waals surface area (Å²) in [5.74, 6) is 0.198. The Bertz CT molecular complexity index is 1040. The van der Waals surface area contributed by atoms with E-state index in [0.29, 0.717) is 18.0 Å². The lowest BCUT2D eigenvalue weighted by molar-refractivity contribution is -0.119. The van der Waals surface area contributed by atoms with E-state index in [-0.39, 0.29) is 11.4 Å². The van der Waals surface area contributed by atoms with Crippen LogP contribution < -0.4 is 14.4 Å². The number of sulfonamides is 1. The molecule has 0 heterocycles. The summed E-state index contributed by atoms with van der Waals surface area (Å²) < 4.78 is 32.7. The number of amides is 1. The summed E-state index contributed by atoms with van der Waals surface area (Å²) in [5, 5.41) is 2.78. The highest BCUT2D eigenvalue weighted by Gasteiger charge is 2.27. The normalized spacial score (nSPS) is 10.9. The Balaban J connectivity index is 1.85. The van der Waals surface area contributed by atoms with E-state index in [1.165, 1.54) is 19.2 Å². The second-order valence-electron chi connectivity index (χ2n) is 6.29. The van der Waals surface area contributed by atoms with Crippen molar-refractivity contribution in [1.82, 2.24) is 5.32 Å². The summed E-state index contributed by atoms with van der Waals surface area (Å²) in [4.78, 5) is 12.7. The fraction of sp³-hybridized carbons (Fsp3) is 0.136. The number of nitrogens with one attached hydrogen (secondary N) is 1. The first kappa shape index (κ1) is 20.4. The van der Waals surface area contributed by atoms with Gasteiger partial charge in [0.25, 0.3) is 10.0 Å². The van der Waals surface area contributed by atoms with Gasteiger partial charge in [0, 0.05) is 6.54 Å². The van der Waals surface area contributed by atoms with Crippen LogP contribution in [0, 0.1) is 0 Å². The SMILES string of the molecule is COc1ccc(N(CC(=O)NCc2ccccc2)S(=O)(=O)c2ccccc2)cc1. The van der Waals surface area contributed by atoms with Gasteiger partial charge in [-0.05, 0) is 42.0 Å². The third-order valence-electron chi connectivity index (χ3n) is 4.31. The fourth-order valence-corrected chi connectivity index (χ4v) is 4.21. The van der Waals surface area contributed by atoms with E-state index in [9.17, 15) is 13.2 Å². The van der Waals surface area contributed by atoms with Crippen LogP contribution >= 0.6 is 0 Å². The Kier molecular flexibility index (Phi) is 6.51. The standard InChI is InChI=1S/C22H22N2O4S/c1-28-20-14-12-19(13-15-20)24(29(26,27)21-10-6-3-7-11-21)17-22(25)23-16-18-8-4-2-5-9-18/h2-15H,16-17H2,1H3,(H,23,25). The van der Waals surface area contributed by atoms with Gasteiger partial charge in [0.05, 0.1) is 17.7 Å². The van der Waals surface area contributed by atoms with Gasteiger partial charge in [0.2, 0.25) is 5.91 Å². The molecule has 0 radical (unpaired) electrons. The average Bonchev–Trinajstić information content (AvgIpc) is 2.77. The number of nitrogens with zero attached hydrogens (tertiary/aromatic N) is 1. The molecule has 3 aromatic carbocycles. The Morgan fingerprint density at radius 1 is 0.897 bits per heavy atom. The third kappa shape index (κ3) is 5.14. The average molecular weight is 410 g/mol. The Labute approximate surface area is 170 Å². The number of ether oxygens (including phenoxy) is 1. The first-order valence-corrected chi connectivity index (χ1v) is 10.5. The van der Waals surface area contributed by atoms with Crippen molar-refractivity contribution in [3.8, 4) is 5.75 Å². The molecule has 1 N–H and O–H groups in total. The van der Waals surface area contributed by atoms with Gasteiger partial charge < -0.3 is 10.1 Å². The molecule has 7 heteroatoms. The Morgan fingerprint density at radius 2 is 1.48 bits per heavy atom. The van der Waals surface area contributed by atoms with Crippen LogP contribution in [0.5, 0.6) is 5.75 Å². The van der Waals surface area contributed by atoms with Crippen molar-refractivity contribution in [3.05, 3.63) is 90.5 Å². The highest BCUT2D eigenvalue weighted by Crippen LogP contribution is 2.25. The van der Waals surface area contributed by atoms with Crippen molar-refractivity contribution >= 4 is 21.6 Å². The van der Waals surface area contributed by atoms with Gasteiger partial charge in [-0.1, -0.05) is 48.5 Å². The number of rotatable bonds is 8. The first-order chi connectivity index (χ1) is 14.0. The van der Waals surface area contributed by atoms with E-state index in [1.807, 2.05) is 30.3 Å². The van der Waals surface area contributed by atoms with Crippen LogP contribution in [0.25, 0.3) is 0 Å². The van der Waals surface area contributed by atoms with Gasteiger partial charge in [-0.25, -0.2) is 8.42 Å². The molecule has 3 rings (SSSR count). The van der Waals surface area contributed by atoms with E-state index in [2.05, 4.69) is 5.32 Å². The number of carbonyl (C=O) groups is 1. The van der Waals surface area contributed by atoms with Gasteiger partial charge in [-0.15, -0.1) is 0 Å². The molecule has 0 bridgehead atoms. The van der Waals surface area contributed by atoms with Crippen molar-refractivity contribution in [1.29, 1.82) is 0 Å². The number of anilines is 1.